The van der Waals surface area contributed by atoms with Crippen molar-refractivity contribution in [1.29, 1.82) is 0 Å². The van der Waals surface area contributed by atoms with E-state index in [4.69, 9.17) is 24.3 Å². The molecule has 4 N–H and O–H groups in total. The number of ether oxygens (including phenoxy) is 2. The highest BCUT2D eigenvalue weighted by atomic mass is 32.2. The molecule has 2 aromatic carbocycles. The Bertz CT molecular complexity index is 1130. The number of hydrogen-bond donors (Lipinski definition) is 3. The molecule has 0 bridgehead atoms. The number of carboxylic acid groups (broad SMARTS) is 1. The van der Waals surface area contributed by atoms with E-state index in [0.717, 1.165) is 12.8 Å². The second-order valence-electron chi connectivity index (χ2n) is 10.7. The molecule has 43 heavy (non-hydrogen) atoms. The Morgan fingerprint density at radius 2 is 1.47 bits per heavy atom. The van der Waals surface area contributed by atoms with Gasteiger partial charge in [0.25, 0.3) is 0 Å². The van der Waals surface area contributed by atoms with Gasteiger partial charge in [-0.2, -0.15) is 11.8 Å². The van der Waals surface area contributed by atoms with Crippen molar-refractivity contribution in [3.63, 3.8) is 0 Å². The first-order valence-corrected chi connectivity index (χ1v) is 18.2. The van der Waals surface area contributed by atoms with E-state index in [-0.39, 0.29) is 17.2 Å². The summed E-state index contributed by atoms with van der Waals surface area (Å²) in [5, 5.41) is 9.46. The predicted octanol–water partition coefficient (Wildman–Crippen LogP) is 8.19. The molecule has 0 aromatic heterocycles. The van der Waals surface area contributed by atoms with Crippen LogP contribution in [0.1, 0.15) is 95.5 Å². The molecule has 0 fully saturated rings. The van der Waals surface area contributed by atoms with Crippen LogP contribution in [0.5, 0.6) is 23.0 Å². The van der Waals surface area contributed by atoms with Gasteiger partial charge in [0.05, 0.1) is 13.7 Å². The average molecular weight is 640 g/mol. The third kappa shape index (κ3) is 13.8. The lowest BCUT2D eigenvalue weighted by atomic mass is 9.93. The van der Waals surface area contributed by atoms with Gasteiger partial charge >= 0.3 is 13.8 Å². The first-order chi connectivity index (χ1) is 20.7. The molecular weight excluding hydrogens is 589 g/mol. The summed E-state index contributed by atoms with van der Waals surface area (Å²) in [4.78, 5) is 22.2. The molecule has 0 saturated heterocycles. The Morgan fingerprint density at radius 3 is 2.05 bits per heavy atom. The van der Waals surface area contributed by atoms with Crippen molar-refractivity contribution in [2.75, 3.05) is 25.7 Å². The summed E-state index contributed by atoms with van der Waals surface area (Å²) in [6.07, 6.45) is 17.1. The largest absolute Gasteiger partial charge is 0.585 e. The molecule has 0 saturated carbocycles. The van der Waals surface area contributed by atoms with Crippen molar-refractivity contribution in [1.82, 2.24) is 0 Å². The number of unbranched alkanes of at least 4 members (excludes halogenated alkanes) is 11. The topological polar surface area (TPSA) is 138 Å². The van der Waals surface area contributed by atoms with Gasteiger partial charge in [-0.1, -0.05) is 95.8 Å². The number of aliphatic carboxylic acids is 1. The van der Waals surface area contributed by atoms with Crippen molar-refractivity contribution in [3.05, 3.63) is 48.0 Å². The Labute approximate surface area is 261 Å². The summed E-state index contributed by atoms with van der Waals surface area (Å²) in [7, 11) is -3.27. The molecule has 242 valence electrons. The van der Waals surface area contributed by atoms with Crippen molar-refractivity contribution in [2.24, 2.45) is 5.73 Å². The summed E-state index contributed by atoms with van der Waals surface area (Å²) < 4.78 is 35.0. The molecule has 3 unspecified atom stereocenters. The summed E-state index contributed by atoms with van der Waals surface area (Å²) in [6.45, 7) is 2.81. The van der Waals surface area contributed by atoms with Crippen LogP contribution < -0.4 is 24.3 Å². The summed E-state index contributed by atoms with van der Waals surface area (Å²) in [5.74, 6) is -0.654. The number of rotatable bonds is 24. The van der Waals surface area contributed by atoms with Crippen molar-refractivity contribution >= 4 is 25.6 Å². The minimum atomic E-state index is -4.70. The Morgan fingerprint density at radius 1 is 0.884 bits per heavy atom. The highest BCUT2D eigenvalue weighted by Gasteiger charge is 2.32. The lowest BCUT2D eigenvalue weighted by molar-refractivity contribution is -0.138. The Balaban J connectivity index is 1.86. The van der Waals surface area contributed by atoms with Crippen molar-refractivity contribution < 1.29 is 37.9 Å². The van der Waals surface area contributed by atoms with Crippen LogP contribution in [0.25, 0.3) is 0 Å². The van der Waals surface area contributed by atoms with Gasteiger partial charge in [0.2, 0.25) is 0 Å². The number of carboxylic acids is 1. The van der Waals surface area contributed by atoms with E-state index >= 15 is 0 Å². The molecule has 11 heteroatoms. The molecule has 9 nitrogen and oxygen atoms in total. The van der Waals surface area contributed by atoms with E-state index in [9.17, 15) is 19.4 Å². The highest BCUT2D eigenvalue weighted by molar-refractivity contribution is 7.98. The number of para-hydroxylation sites is 1. The minimum absolute atomic E-state index is 0.00595. The van der Waals surface area contributed by atoms with E-state index in [1.165, 1.54) is 95.2 Å². The van der Waals surface area contributed by atoms with Gasteiger partial charge in [-0.15, -0.1) is 0 Å². The molecule has 2 aromatic rings. The van der Waals surface area contributed by atoms with Gasteiger partial charge < -0.3 is 29.4 Å². The number of hydrogen-bond acceptors (Lipinski definition) is 8. The average Bonchev–Trinajstić information content (AvgIpc) is 2.98. The summed E-state index contributed by atoms with van der Waals surface area (Å²) in [5.41, 5.74) is 6.33. The normalized spacial score (nSPS) is 14.0. The van der Waals surface area contributed by atoms with Gasteiger partial charge in [-0.25, -0.2) is 4.57 Å². The molecule has 0 heterocycles. The first kappa shape index (κ1) is 36.8. The first-order valence-electron chi connectivity index (χ1n) is 15.3. The lowest BCUT2D eigenvalue weighted by Crippen LogP contribution is -2.37. The SMILES string of the molecule is CCCCCCCCCCCCCCOc1ccc(OP(=O)(O)Oc2ccccc2C(CSC)C(N)C(=O)O)c(OC)c1. The van der Waals surface area contributed by atoms with Gasteiger partial charge in [0.15, 0.2) is 11.5 Å². The maximum absolute atomic E-state index is 13.0. The van der Waals surface area contributed by atoms with Gasteiger partial charge in [-0.3, -0.25) is 9.69 Å². The molecule has 0 aliphatic heterocycles. The standard InChI is InChI=1S/C32H50NO8PS/c1-4-5-6-7-8-9-10-11-12-13-14-17-22-39-25-20-21-29(30(23-25)38-2)41-42(36,37)40-28-19-16-15-18-26(28)27(24-43-3)31(33)32(34)35/h15-16,18-21,23,27,31H,4-14,17,22,24,33H2,1-3H3,(H,34,35)(H,36,37). The smallest absolute Gasteiger partial charge is 0.493 e. The fraction of sp³-hybridized carbons (Fsp3) is 0.594. The van der Waals surface area contributed by atoms with Crippen LogP contribution in [0.3, 0.4) is 0 Å². The van der Waals surface area contributed by atoms with Crippen molar-refractivity contribution in [2.45, 2.75) is 95.9 Å². The third-order valence-corrected chi connectivity index (χ3v) is 8.76. The van der Waals surface area contributed by atoms with Crippen LogP contribution >= 0.6 is 19.6 Å². The number of phosphoric acid groups is 1. The van der Waals surface area contributed by atoms with Gasteiger partial charge in [0, 0.05) is 23.3 Å². The molecular formula is C32H50NO8PS. The number of benzene rings is 2. The molecule has 0 aliphatic carbocycles. The van der Waals surface area contributed by atoms with E-state index in [2.05, 4.69) is 6.92 Å². The van der Waals surface area contributed by atoms with Crippen LogP contribution in [0.15, 0.2) is 42.5 Å². The van der Waals surface area contributed by atoms with Crippen LogP contribution in [-0.4, -0.2) is 47.7 Å². The predicted molar refractivity (Wildman–Crippen MR) is 174 cm³/mol. The number of methoxy groups -OCH3 is 1. The second kappa shape index (κ2) is 20.5. The Hall–Kier alpha value is -2.39. The molecule has 2 rings (SSSR count). The van der Waals surface area contributed by atoms with Crippen LogP contribution in [-0.2, 0) is 9.36 Å². The zero-order valence-corrected chi connectivity index (χ0v) is 27.6. The molecule has 0 aliphatic rings. The minimum Gasteiger partial charge on any atom is -0.493 e. The quantitative estimate of drug-likeness (QED) is 0.0761. The fourth-order valence-electron chi connectivity index (χ4n) is 4.82. The molecule has 0 spiro atoms. The van der Waals surface area contributed by atoms with E-state index < -0.39 is 25.8 Å². The monoisotopic (exact) mass is 639 g/mol. The Kier molecular flexibility index (Phi) is 17.6. The van der Waals surface area contributed by atoms with Gasteiger partial charge in [0.1, 0.15) is 17.5 Å². The summed E-state index contributed by atoms with van der Waals surface area (Å²) >= 11 is 1.41. The maximum Gasteiger partial charge on any atom is 0.585 e. The second-order valence-corrected chi connectivity index (χ2v) is 12.9. The summed E-state index contributed by atoms with van der Waals surface area (Å²) in [6, 6.07) is 9.92. The zero-order chi connectivity index (χ0) is 31.5. The van der Waals surface area contributed by atoms with Crippen LogP contribution in [0.4, 0.5) is 0 Å². The molecule has 0 amide bonds. The number of nitrogens with two attached hydrogens (primary N) is 1. The highest BCUT2D eigenvalue weighted by Crippen LogP contribution is 2.49. The van der Waals surface area contributed by atoms with E-state index in [1.54, 1.807) is 30.3 Å². The number of carbonyl (C=O) groups is 1. The lowest BCUT2D eigenvalue weighted by Gasteiger charge is -2.24. The van der Waals surface area contributed by atoms with Crippen molar-refractivity contribution in [3.8, 4) is 23.0 Å². The molecule has 0 radical (unpaired) electrons. The molecule has 3 atom stereocenters. The maximum atomic E-state index is 13.0. The fourth-order valence-corrected chi connectivity index (χ4v) is 6.42. The van der Waals surface area contributed by atoms with E-state index in [1.807, 2.05) is 6.26 Å². The van der Waals surface area contributed by atoms with E-state index in [0.29, 0.717) is 23.7 Å². The number of phosphoric ester groups is 1. The van der Waals surface area contributed by atoms with Gasteiger partial charge in [-0.05, 0) is 30.9 Å². The van der Waals surface area contributed by atoms with Crippen LogP contribution in [0, 0.1) is 0 Å². The number of thioether (sulfide) groups is 1. The van der Waals surface area contributed by atoms with Crippen LogP contribution in [0.2, 0.25) is 0 Å². The third-order valence-electron chi connectivity index (χ3n) is 7.21. The zero-order valence-electron chi connectivity index (χ0n) is 25.9.